The van der Waals surface area contributed by atoms with Crippen LogP contribution in [0.25, 0.3) is 21.9 Å². The second kappa shape index (κ2) is 6.91. The van der Waals surface area contributed by atoms with Crippen molar-refractivity contribution in [2.75, 3.05) is 0 Å². The van der Waals surface area contributed by atoms with Crippen LogP contribution in [-0.4, -0.2) is 0 Å². The molecule has 0 aliphatic heterocycles. The fraction of sp³-hybridized carbons (Fsp3) is 0.143. The molecule has 3 aromatic carbocycles. The monoisotopic (exact) mass is 326 g/mol. The van der Waals surface area contributed by atoms with Gasteiger partial charge in [-0.25, -0.2) is 13.2 Å². The Bertz CT molecular complexity index is 893. The molecule has 0 unspecified atom stereocenters. The summed E-state index contributed by atoms with van der Waals surface area (Å²) in [6.45, 7) is 2.00. The van der Waals surface area contributed by atoms with Crippen LogP contribution >= 0.6 is 0 Å². The molecular weight excluding hydrogens is 309 g/mol. The first kappa shape index (κ1) is 16.3. The maximum Gasteiger partial charge on any atom is 0.195 e. The molecule has 0 aliphatic rings. The summed E-state index contributed by atoms with van der Waals surface area (Å²) >= 11 is 0. The summed E-state index contributed by atoms with van der Waals surface area (Å²) in [6.07, 6.45) is 6.12. The van der Waals surface area contributed by atoms with E-state index in [0.717, 1.165) is 30.0 Å². The van der Waals surface area contributed by atoms with Crippen LogP contribution in [0, 0.1) is 17.5 Å². The van der Waals surface area contributed by atoms with Crippen molar-refractivity contribution in [2.24, 2.45) is 0 Å². The van der Waals surface area contributed by atoms with E-state index in [1.165, 1.54) is 11.6 Å². The summed E-state index contributed by atoms with van der Waals surface area (Å²) in [4.78, 5) is 0. The van der Waals surface area contributed by atoms with Gasteiger partial charge in [0.1, 0.15) is 0 Å². The molecule has 0 amide bonds. The third kappa shape index (κ3) is 3.21. The lowest BCUT2D eigenvalue weighted by Gasteiger charge is -2.07. The van der Waals surface area contributed by atoms with Crippen LogP contribution in [0.2, 0.25) is 0 Å². The number of rotatable bonds is 4. The summed E-state index contributed by atoms with van der Waals surface area (Å²) in [5.41, 5.74) is 3.03. The Labute approximate surface area is 139 Å². The van der Waals surface area contributed by atoms with Crippen LogP contribution in [0.15, 0.2) is 60.7 Å². The quantitative estimate of drug-likeness (QED) is 0.383. The number of allylic oxidation sites excluding steroid dienone is 2. The lowest BCUT2D eigenvalue weighted by Crippen LogP contribution is -1.92. The van der Waals surface area contributed by atoms with E-state index in [-0.39, 0.29) is 5.39 Å². The summed E-state index contributed by atoms with van der Waals surface area (Å²) in [5.74, 6) is -3.74. The van der Waals surface area contributed by atoms with E-state index in [2.05, 4.69) is 18.2 Å². The highest BCUT2D eigenvalue weighted by atomic mass is 19.2. The van der Waals surface area contributed by atoms with Crippen LogP contribution < -0.4 is 0 Å². The molecule has 0 atom stereocenters. The van der Waals surface area contributed by atoms with E-state index in [4.69, 9.17) is 0 Å². The average molecular weight is 326 g/mol. The Hall–Kier alpha value is -2.55. The van der Waals surface area contributed by atoms with E-state index >= 15 is 0 Å². The maximum atomic E-state index is 13.8. The van der Waals surface area contributed by atoms with Crippen molar-refractivity contribution in [2.45, 2.75) is 19.8 Å². The second-order valence-corrected chi connectivity index (χ2v) is 5.73. The van der Waals surface area contributed by atoms with Crippen LogP contribution in [0.3, 0.4) is 0 Å². The number of fused-ring (bicyclic) bond motifs is 1. The lowest BCUT2D eigenvalue weighted by atomic mass is 9.99. The first-order valence-electron chi connectivity index (χ1n) is 7.88. The van der Waals surface area contributed by atoms with Gasteiger partial charge in [0, 0.05) is 5.39 Å². The van der Waals surface area contributed by atoms with Gasteiger partial charge < -0.3 is 0 Å². The van der Waals surface area contributed by atoms with Crippen LogP contribution in [0.1, 0.15) is 18.9 Å². The normalized spacial score (nSPS) is 11.5. The Morgan fingerprint density at radius 3 is 2.25 bits per heavy atom. The van der Waals surface area contributed by atoms with Crippen molar-refractivity contribution in [1.82, 2.24) is 0 Å². The molecule has 0 aliphatic carbocycles. The second-order valence-electron chi connectivity index (χ2n) is 5.73. The molecule has 0 heterocycles. The molecule has 0 spiro atoms. The zero-order valence-corrected chi connectivity index (χ0v) is 13.3. The third-order valence-corrected chi connectivity index (χ3v) is 4.10. The summed E-state index contributed by atoms with van der Waals surface area (Å²) < 4.78 is 40.5. The van der Waals surface area contributed by atoms with Crippen molar-refractivity contribution in [1.29, 1.82) is 0 Å². The van der Waals surface area contributed by atoms with E-state index < -0.39 is 17.5 Å². The van der Waals surface area contributed by atoms with Gasteiger partial charge in [0.05, 0.1) is 0 Å². The predicted octanol–water partition coefficient (Wildman–Crippen LogP) is 6.43. The Morgan fingerprint density at radius 2 is 1.54 bits per heavy atom. The summed E-state index contributed by atoms with van der Waals surface area (Å²) in [7, 11) is 0. The molecule has 0 nitrogen and oxygen atoms in total. The predicted molar refractivity (Wildman–Crippen MR) is 92.4 cm³/mol. The number of hydrogen-bond donors (Lipinski definition) is 0. The van der Waals surface area contributed by atoms with Crippen molar-refractivity contribution in [3.8, 4) is 11.1 Å². The fourth-order valence-corrected chi connectivity index (χ4v) is 2.77. The minimum absolute atomic E-state index is 0.0839. The highest BCUT2D eigenvalue weighted by Gasteiger charge is 2.13. The molecule has 0 fully saturated rings. The van der Waals surface area contributed by atoms with Crippen molar-refractivity contribution >= 4 is 10.8 Å². The lowest BCUT2D eigenvalue weighted by molar-refractivity contribution is 0.453. The molecule has 0 N–H and O–H groups in total. The summed E-state index contributed by atoms with van der Waals surface area (Å²) in [6, 6.07) is 14.0. The van der Waals surface area contributed by atoms with Gasteiger partial charge in [-0.1, -0.05) is 48.6 Å². The molecule has 3 rings (SSSR count). The SMILES string of the molecule is C/C=C/CCc1ccc(-c2ccc3c(F)c(F)c(F)cc3c2)cc1. The largest absolute Gasteiger partial charge is 0.204 e. The smallest absolute Gasteiger partial charge is 0.195 e. The first-order chi connectivity index (χ1) is 11.6. The van der Waals surface area contributed by atoms with Gasteiger partial charge in [0.25, 0.3) is 0 Å². The minimum Gasteiger partial charge on any atom is -0.204 e. The van der Waals surface area contributed by atoms with Crippen LogP contribution in [0.4, 0.5) is 13.2 Å². The van der Waals surface area contributed by atoms with Crippen LogP contribution in [0.5, 0.6) is 0 Å². The molecule has 3 heteroatoms. The highest BCUT2D eigenvalue weighted by molar-refractivity contribution is 5.88. The highest BCUT2D eigenvalue weighted by Crippen LogP contribution is 2.28. The molecular formula is C21H17F3. The topological polar surface area (TPSA) is 0 Å². The zero-order chi connectivity index (χ0) is 17.1. The Balaban J connectivity index is 1.93. The van der Waals surface area contributed by atoms with Gasteiger partial charge in [-0.3, -0.25) is 0 Å². The Morgan fingerprint density at radius 1 is 0.833 bits per heavy atom. The number of halogens is 3. The molecule has 3 aromatic rings. The molecule has 0 saturated carbocycles. The average Bonchev–Trinajstić information content (AvgIpc) is 2.60. The first-order valence-corrected chi connectivity index (χ1v) is 7.88. The van der Waals surface area contributed by atoms with Crippen molar-refractivity contribution in [3.63, 3.8) is 0 Å². The molecule has 0 radical (unpaired) electrons. The van der Waals surface area contributed by atoms with E-state index in [1.54, 1.807) is 12.1 Å². The zero-order valence-electron chi connectivity index (χ0n) is 13.3. The van der Waals surface area contributed by atoms with Crippen molar-refractivity contribution < 1.29 is 13.2 Å². The van der Waals surface area contributed by atoms with E-state index in [1.807, 2.05) is 25.1 Å². The molecule has 0 aromatic heterocycles. The Kier molecular flexibility index (Phi) is 4.70. The molecule has 0 bridgehead atoms. The van der Waals surface area contributed by atoms with Crippen LogP contribution in [-0.2, 0) is 6.42 Å². The maximum absolute atomic E-state index is 13.8. The van der Waals surface area contributed by atoms with Gasteiger partial charge in [-0.05, 0) is 54.0 Å². The minimum atomic E-state index is -1.43. The third-order valence-electron chi connectivity index (χ3n) is 4.10. The standard InChI is InChI=1S/C21H17F3/c1-2-3-4-5-14-6-8-15(9-7-14)16-10-11-18-17(12-16)13-19(22)21(24)20(18)23/h2-3,6-13H,4-5H2,1H3/b3-2+. The number of hydrogen-bond acceptors (Lipinski definition) is 0. The van der Waals surface area contributed by atoms with Gasteiger partial charge in [-0.15, -0.1) is 0 Å². The molecule has 0 saturated heterocycles. The molecule has 24 heavy (non-hydrogen) atoms. The summed E-state index contributed by atoms with van der Waals surface area (Å²) in [5, 5.41) is 0.432. The number of aryl methyl sites for hydroxylation is 1. The number of benzene rings is 3. The van der Waals surface area contributed by atoms with Gasteiger partial charge in [-0.2, -0.15) is 0 Å². The van der Waals surface area contributed by atoms with Gasteiger partial charge >= 0.3 is 0 Å². The molecule has 122 valence electrons. The fourth-order valence-electron chi connectivity index (χ4n) is 2.77. The van der Waals surface area contributed by atoms with Crippen molar-refractivity contribution in [3.05, 3.63) is 83.7 Å². The van der Waals surface area contributed by atoms with Gasteiger partial charge in [0.15, 0.2) is 17.5 Å². The van der Waals surface area contributed by atoms with Gasteiger partial charge in [0.2, 0.25) is 0 Å². The van der Waals surface area contributed by atoms with E-state index in [9.17, 15) is 13.2 Å². The van der Waals surface area contributed by atoms with E-state index in [0.29, 0.717) is 5.39 Å².